The van der Waals surface area contributed by atoms with Gasteiger partial charge in [0.15, 0.2) is 5.69 Å². The Kier molecular flexibility index (Phi) is 4.66. The number of hydrogen-bond acceptors (Lipinski definition) is 7. The van der Waals surface area contributed by atoms with Crippen molar-refractivity contribution in [3.63, 3.8) is 0 Å². The summed E-state index contributed by atoms with van der Waals surface area (Å²) in [6.07, 6.45) is 0.677. The van der Waals surface area contributed by atoms with E-state index in [1.54, 1.807) is 6.07 Å². The first-order chi connectivity index (χ1) is 11.1. The van der Waals surface area contributed by atoms with Gasteiger partial charge in [0.1, 0.15) is 11.6 Å². The molecular weight excluding hydrogens is 343 g/mol. The van der Waals surface area contributed by atoms with Crippen LogP contribution in [0.4, 0.5) is 4.39 Å². The number of aromatic nitrogens is 1. The smallest absolute Gasteiger partial charge is 0.308 e. The molecule has 0 aliphatic carbocycles. The number of nitrogens with zero attached hydrogens (tertiary/aromatic N) is 2. The van der Waals surface area contributed by atoms with E-state index < -0.39 is 27.8 Å². The molecular formula is C13H13FN4O5S. The summed E-state index contributed by atoms with van der Waals surface area (Å²) in [5.41, 5.74) is 4.80. The van der Waals surface area contributed by atoms with Gasteiger partial charge in [0.2, 0.25) is 11.9 Å². The van der Waals surface area contributed by atoms with Crippen molar-refractivity contribution in [3.8, 4) is 11.5 Å². The fraction of sp³-hybridized carbons (Fsp3) is 0.154. The van der Waals surface area contributed by atoms with Crippen LogP contribution < -0.4 is 5.73 Å². The molecule has 0 aliphatic rings. The Balaban J connectivity index is 2.43. The summed E-state index contributed by atoms with van der Waals surface area (Å²) in [6, 6.07) is 5.60. The van der Waals surface area contributed by atoms with E-state index in [1.165, 1.54) is 25.1 Å². The minimum Gasteiger partial charge on any atom is -0.440 e. The third-order valence-corrected chi connectivity index (χ3v) is 3.14. The minimum atomic E-state index is -4.12. The molecule has 0 unspecified atom stereocenters. The second-order valence-corrected chi connectivity index (χ2v) is 6.22. The van der Waals surface area contributed by atoms with E-state index in [9.17, 15) is 17.6 Å². The Hall–Kier alpha value is -2.79. The molecule has 0 bridgehead atoms. The van der Waals surface area contributed by atoms with Crippen molar-refractivity contribution >= 4 is 22.0 Å². The number of oxazole rings is 1. The van der Waals surface area contributed by atoms with E-state index in [0.29, 0.717) is 6.26 Å². The lowest BCUT2D eigenvalue weighted by atomic mass is 10.2. The zero-order chi connectivity index (χ0) is 18.1. The number of carbonyl (C=O) groups is 1. The molecule has 1 aromatic heterocycles. The second-order valence-electron chi connectivity index (χ2n) is 4.67. The molecule has 0 saturated heterocycles. The van der Waals surface area contributed by atoms with E-state index in [1.807, 2.05) is 0 Å². The summed E-state index contributed by atoms with van der Waals surface area (Å²) in [7, 11) is -4.12. The zero-order valence-corrected chi connectivity index (χ0v) is 13.4. The lowest BCUT2D eigenvalue weighted by molar-refractivity contribution is 0.0194. The van der Waals surface area contributed by atoms with Crippen LogP contribution in [0.3, 0.4) is 0 Å². The van der Waals surface area contributed by atoms with E-state index in [0.717, 1.165) is 0 Å². The summed E-state index contributed by atoms with van der Waals surface area (Å²) >= 11 is 0. The summed E-state index contributed by atoms with van der Waals surface area (Å²) < 4.78 is 45.7. The maximum Gasteiger partial charge on any atom is 0.308 e. The molecule has 1 aromatic carbocycles. The monoisotopic (exact) mass is 356 g/mol. The average Bonchev–Trinajstić information content (AvgIpc) is 2.85. The number of nitrogens with one attached hydrogen (secondary N) is 1. The van der Waals surface area contributed by atoms with Crippen LogP contribution in [0.2, 0.25) is 0 Å². The normalized spacial score (nSPS) is 11.3. The van der Waals surface area contributed by atoms with Crippen molar-refractivity contribution in [1.29, 1.82) is 5.41 Å². The van der Waals surface area contributed by atoms with Gasteiger partial charge in [0.25, 0.3) is 10.1 Å². The fourth-order valence-corrected chi connectivity index (χ4v) is 2.18. The Labute approximate surface area is 136 Å². The van der Waals surface area contributed by atoms with Gasteiger partial charge in [-0.2, -0.15) is 8.42 Å². The Bertz CT molecular complexity index is 909. The van der Waals surface area contributed by atoms with Crippen LogP contribution >= 0.6 is 0 Å². The summed E-state index contributed by atoms with van der Waals surface area (Å²) in [5.74, 6) is -2.94. The van der Waals surface area contributed by atoms with Crippen molar-refractivity contribution in [2.45, 2.75) is 6.92 Å². The van der Waals surface area contributed by atoms with Gasteiger partial charge in [0.05, 0.1) is 11.8 Å². The van der Waals surface area contributed by atoms with Gasteiger partial charge in [-0.1, -0.05) is 12.1 Å². The minimum absolute atomic E-state index is 0.0121. The number of carbonyl (C=O) groups excluding carboxylic acids is 1. The van der Waals surface area contributed by atoms with Crippen molar-refractivity contribution in [3.05, 3.63) is 41.5 Å². The van der Waals surface area contributed by atoms with E-state index in [2.05, 4.69) is 9.27 Å². The first kappa shape index (κ1) is 17.6. The highest BCUT2D eigenvalue weighted by Gasteiger charge is 2.29. The number of amides is 1. The Morgan fingerprint density at radius 2 is 2.04 bits per heavy atom. The van der Waals surface area contributed by atoms with Gasteiger partial charge in [-0.25, -0.2) is 9.37 Å². The molecule has 0 radical (unpaired) electrons. The summed E-state index contributed by atoms with van der Waals surface area (Å²) in [5, 5.41) is 7.31. The maximum atomic E-state index is 13.8. The average molecular weight is 356 g/mol. The Morgan fingerprint density at radius 1 is 1.42 bits per heavy atom. The highest BCUT2D eigenvalue weighted by Crippen LogP contribution is 2.25. The SMILES string of the molecule is Cc1oc(-c2ccccc2F)nc1C(=O)N(OS(C)(=O)=O)C(=N)N. The van der Waals surface area contributed by atoms with E-state index in [-0.39, 0.29) is 28.0 Å². The highest BCUT2D eigenvalue weighted by molar-refractivity contribution is 7.85. The van der Waals surface area contributed by atoms with Crippen LogP contribution in [0.15, 0.2) is 28.7 Å². The van der Waals surface area contributed by atoms with Gasteiger partial charge >= 0.3 is 5.91 Å². The summed E-state index contributed by atoms with van der Waals surface area (Å²) in [4.78, 5) is 16.2. The third-order valence-electron chi connectivity index (χ3n) is 2.72. The number of hydrogen-bond donors (Lipinski definition) is 2. The largest absolute Gasteiger partial charge is 0.440 e. The van der Waals surface area contributed by atoms with E-state index >= 15 is 0 Å². The number of benzene rings is 1. The quantitative estimate of drug-likeness (QED) is 0.473. The fourth-order valence-electron chi connectivity index (χ4n) is 1.76. The first-order valence-electron chi connectivity index (χ1n) is 6.40. The molecule has 11 heteroatoms. The zero-order valence-electron chi connectivity index (χ0n) is 12.6. The number of hydroxylamine groups is 2. The molecule has 3 N–H and O–H groups in total. The molecule has 2 rings (SSSR count). The maximum absolute atomic E-state index is 13.8. The van der Waals surface area contributed by atoms with Crippen LogP contribution in [-0.2, 0) is 14.4 Å². The number of halogens is 1. The molecule has 0 spiro atoms. The lowest BCUT2D eigenvalue weighted by Crippen LogP contribution is -2.42. The molecule has 24 heavy (non-hydrogen) atoms. The predicted molar refractivity (Wildman–Crippen MR) is 80.6 cm³/mol. The van der Waals surface area contributed by atoms with Crippen LogP contribution in [0.1, 0.15) is 16.2 Å². The first-order valence-corrected chi connectivity index (χ1v) is 8.22. The van der Waals surface area contributed by atoms with Gasteiger partial charge in [-0.15, -0.1) is 9.35 Å². The highest BCUT2D eigenvalue weighted by atomic mass is 32.2. The number of rotatable bonds is 4. The topological polar surface area (TPSA) is 140 Å². The lowest BCUT2D eigenvalue weighted by Gasteiger charge is -2.16. The molecule has 1 heterocycles. The standard InChI is InChI=1S/C13H13FN4O5S/c1-7-10(12(19)18(13(15)16)23-24(2,20)21)17-11(22-7)8-5-3-4-6-9(8)14/h3-6H,1-2H3,(H3,15,16). The van der Waals surface area contributed by atoms with Crippen LogP contribution in [0.5, 0.6) is 0 Å². The van der Waals surface area contributed by atoms with Crippen LogP contribution in [0, 0.1) is 18.2 Å². The molecule has 9 nitrogen and oxygen atoms in total. The molecule has 1 amide bonds. The number of nitrogens with two attached hydrogens (primary N) is 1. The van der Waals surface area contributed by atoms with Gasteiger partial charge in [-0.05, 0) is 19.1 Å². The van der Waals surface area contributed by atoms with Gasteiger partial charge in [0, 0.05) is 0 Å². The van der Waals surface area contributed by atoms with E-state index in [4.69, 9.17) is 15.6 Å². The Morgan fingerprint density at radius 3 is 2.58 bits per heavy atom. The van der Waals surface area contributed by atoms with Gasteiger partial charge in [-0.3, -0.25) is 10.2 Å². The number of aryl methyl sites for hydroxylation is 1. The molecule has 0 fully saturated rings. The van der Waals surface area contributed by atoms with Gasteiger partial charge < -0.3 is 10.2 Å². The van der Waals surface area contributed by atoms with Crippen molar-refractivity contribution in [1.82, 2.24) is 10.0 Å². The molecule has 0 atom stereocenters. The molecule has 0 aliphatic heterocycles. The van der Waals surface area contributed by atoms with Crippen molar-refractivity contribution in [2.24, 2.45) is 5.73 Å². The molecule has 2 aromatic rings. The second kappa shape index (κ2) is 6.37. The predicted octanol–water partition coefficient (Wildman–Crippen LogP) is 1.02. The number of guanidine groups is 1. The van der Waals surface area contributed by atoms with Crippen molar-refractivity contribution in [2.75, 3.05) is 6.26 Å². The summed E-state index contributed by atoms with van der Waals surface area (Å²) in [6.45, 7) is 1.36. The van der Waals surface area contributed by atoms with Crippen LogP contribution in [0.25, 0.3) is 11.5 Å². The van der Waals surface area contributed by atoms with Crippen molar-refractivity contribution < 1.29 is 26.3 Å². The third kappa shape index (κ3) is 3.75. The molecule has 0 saturated carbocycles. The van der Waals surface area contributed by atoms with Crippen LogP contribution in [-0.4, -0.2) is 36.6 Å². The molecule has 128 valence electrons.